The van der Waals surface area contributed by atoms with E-state index in [0.717, 1.165) is 11.1 Å². The van der Waals surface area contributed by atoms with E-state index in [1.807, 2.05) is 13.0 Å². The predicted octanol–water partition coefficient (Wildman–Crippen LogP) is 3.41. The second kappa shape index (κ2) is 7.31. The van der Waals surface area contributed by atoms with E-state index in [1.165, 1.54) is 6.26 Å². The Morgan fingerprint density at radius 2 is 2.09 bits per heavy atom. The van der Waals surface area contributed by atoms with Crippen molar-refractivity contribution in [2.24, 2.45) is 0 Å². The Morgan fingerprint density at radius 3 is 2.73 bits per heavy atom. The van der Waals surface area contributed by atoms with Crippen LogP contribution in [0.25, 0.3) is 11.1 Å². The molecule has 0 spiro atoms. The van der Waals surface area contributed by atoms with E-state index in [-0.39, 0.29) is 0 Å². The van der Waals surface area contributed by atoms with E-state index >= 15 is 0 Å². The molecule has 0 amide bonds. The van der Waals surface area contributed by atoms with E-state index in [9.17, 15) is 13.0 Å². The molecule has 1 atom stereocenters. The Labute approximate surface area is 130 Å². The summed E-state index contributed by atoms with van der Waals surface area (Å²) in [5.41, 5.74) is 2.96. The maximum Gasteiger partial charge on any atom is 0.272 e. The van der Waals surface area contributed by atoms with Crippen LogP contribution < -0.4 is 9.46 Å². The van der Waals surface area contributed by atoms with Gasteiger partial charge in [-0.2, -0.15) is 0 Å². The molecule has 1 heterocycles. The average molecular weight is 326 g/mol. The van der Waals surface area contributed by atoms with Gasteiger partial charge >= 0.3 is 0 Å². The van der Waals surface area contributed by atoms with Crippen LogP contribution >= 0.6 is 0 Å². The highest BCUT2D eigenvalue weighted by Gasteiger charge is 2.13. The van der Waals surface area contributed by atoms with Gasteiger partial charge in [-0.15, -0.1) is 0 Å². The normalized spacial score (nSPS) is 12.2. The summed E-state index contributed by atoms with van der Waals surface area (Å²) in [6.45, 7) is 1.20. The number of hydrogen-bond acceptors (Lipinski definition) is 3. The number of anilines is 1. The summed E-state index contributed by atoms with van der Waals surface area (Å²) in [6.07, 6.45) is 2.23. The zero-order chi connectivity index (χ0) is 16.1. The van der Waals surface area contributed by atoms with Crippen molar-refractivity contribution in [2.75, 3.05) is 17.6 Å². The minimum atomic E-state index is -2.57. The number of nitrogens with one attached hydrogen (secondary N) is 1. The lowest BCUT2D eigenvalue weighted by atomic mass is 10.0. The summed E-state index contributed by atoms with van der Waals surface area (Å²) in [6, 6.07) is 6.85. The summed E-state index contributed by atoms with van der Waals surface area (Å²) in [5.74, 6) is 0.298. The topological polar surface area (TPSA) is 51.2 Å². The highest BCUT2D eigenvalue weighted by molar-refractivity contribution is 7.85. The van der Waals surface area contributed by atoms with E-state index in [0.29, 0.717) is 17.0 Å². The monoisotopic (exact) mass is 326 g/mol. The lowest BCUT2D eigenvalue weighted by molar-refractivity contribution is 0.0822. The minimum absolute atomic E-state index is 0.298. The molecule has 1 unspecified atom stereocenters. The molecule has 0 aliphatic heterocycles. The van der Waals surface area contributed by atoms with Gasteiger partial charge < -0.3 is 9.46 Å². The van der Waals surface area contributed by atoms with E-state index in [2.05, 4.69) is 9.71 Å². The SMILES string of the molecule is Cc1ccncc1-c1ccc(NS(C)=O)cc1OCC(F)F. The fourth-order valence-corrected chi connectivity index (χ4v) is 2.45. The number of pyridine rings is 1. The van der Waals surface area contributed by atoms with Crippen molar-refractivity contribution in [3.05, 3.63) is 42.2 Å². The Kier molecular flexibility index (Phi) is 5.43. The largest absolute Gasteiger partial charge is 0.487 e. The summed E-state index contributed by atoms with van der Waals surface area (Å²) in [7, 11) is -1.26. The Bertz CT molecular complexity index is 680. The first kappa shape index (κ1) is 16.4. The van der Waals surface area contributed by atoms with Gasteiger partial charge in [0.25, 0.3) is 6.43 Å². The molecule has 1 N–H and O–H groups in total. The van der Waals surface area contributed by atoms with Crippen molar-refractivity contribution in [2.45, 2.75) is 13.3 Å². The molecule has 0 bridgehead atoms. The number of nitrogens with zero attached hydrogens (tertiary/aromatic N) is 1. The molecule has 22 heavy (non-hydrogen) atoms. The van der Waals surface area contributed by atoms with Gasteiger partial charge in [0.15, 0.2) is 0 Å². The maximum absolute atomic E-state index is 12.4. The highest BCUT2D eigenvalue weighted by atomic mass is 32.2. The standard InChI is InChI=1S/C15H16F2N2O2S/c1-10-5-6-18-8-13(10)12-4-3-11(19-22(2)20)7-14(12)21-9-15(16)17/h3-8,15,19H,9H2,1-2H3. The molecule has 7 heteroatoms. The predicted molar refractivity (Wildman–Crippen MR) is 83.6 cm³/mol. The second-order valence-electron chi connectivity index (χ2n) is 4.66. The maximum atomic E-state index is 12.4. The third-order valence-corrected chi connectivity index (χ3v) is 3.46. The Balaban J connectivity index is 2.43. The smallest absolute Gasteiger partial charge is 0.272 e. The molecule has 0 aliphatic carbocycles. The number of benzene rings is 1. The molecule has 118 valence electrons. The van der Waals surface area contributed by atoms with Crippen molar-refractivity contribution in [1.82, 2.24) is 4.98 Å². The molecule has 0 fully saturated rings. The van der Waals surface area contributed by atoms with Gasteiger partial charge in [0.1, 0.15) is 23.3 Å². The van der Waals surface area contributed by atoms with Crippen molar-refractivity contribution >= 4 is 16.7 Å². The molecule has 0 saturated heterocycles. The molecule has 2 rings (SSSR count). The van der Waals surface area contributed by atoms with E-state index in [4.69, 9.17) is 4.74 Å². The fourth-order valence-electron chi connectivity index (χ4n) is 1.99. The quantitative estimate of drug-likeness (QED) is 0.885. The first-order valence-corrected chi connectivity index (χ1v) is 8.09. The number of aromatic nitrogens is 1. The van der Waals surface area contributed by atoms with Crippen LogP contribution in [0.3, 0.4) is 0 Å². The number of aryl methyl sites for hydroxylation is 1. The van der Waals surface area contributed by atoms with Gasteiger partial charge in [-0.3, -0.25) is 4.98 Å². The van der Waals surface area contributed by atoms with Crippen molar-refractivity contribution in [1.29, 1.82) is 0 Å². The lowest BCUT2D eigenvalue weighted by Gasteiger charge is -2.14. The van der Waals surface area contributed by atoms with Crippen LogP contribution in [0.1, 0.15) is 5.56 Å². The lowest BCUT2D eigenvalue weighted by Crippen LogP contribution is -2.08. The zero-order valence-electron chi connectivity index (χ0n) is 12.2. The van der Waals surface area contributed by atoms with Gasteiger partial charge in [-0.05, 0) is 30.7 Å². The van der Waals surface area contributed by atoms with Gasteiger partial charge in [0.2, 0.25) is 0 Å². The average Bonchev–Trinajstić information content (AvgIpc) is 2.45. The van der Waals surface area contributed by atoms with Crippen LogP contribution in [0.15, 0.2) is 36.7 Å². The summed E-state index contributed by atoms with van der Waals surface area (Å²) in [4.78, 5) is 4.06. The fraction of sp³-hybridized carbons (Fsp3) is 0.267. The summed E-state index contributed by atoms with van der Waals surface area (Å²) >= 11 is 0. The van der Waals surface area contributed by atoms with Crippen LogP contribution in [0.2, 0.25) is 0 Å². The van der Waals surface area contributed by atoms with E-state index < -0.39 is 24.0 Å². The number of halogens is 2. The van der Waals surface area contributed by atoms with Gasteiger partial charge in [0, 0.05) is 41.5 Å². The van der Waals surface area contributed by atoms with Crippen LogP contribution in [0.4, 0.5) is 14.5 Å². The van der Waals surface area contributed by atoms with Crippen molar-refractivity contribution < 1.29 is 17.7 Å². The minimum Gasteiger partial charge on any atom is -0.487 e. The molecule has 1 aromatic carbocycles. The Hall–Kier alpha value is -2.02. The van der Waals surface area contributed by atoms with Crippen LogP contribution in [0, 0.1) is 6.92 Å². The highest BCUT2D eigenvalue weighted by Crippen LogP contribution is 2.34. The number of rotatable bonds is 6. The first-order chi connectivity index (χ1) is 10.5. The van der Waals surface area contributed by atoms with Crippen LogP contribution in [-0.2, 0) is 11.0 Å². The van der Waals surface area contributed by atoms with Crippen LogP contribution in [-0.4, -0.2) is 28.5 Å². The Morgan fingerprint density at radius 1 is 1.32 bits per heavy atom. The summed E-state index contributed by atoms with van der Waals surface area (Å²) in [5, 5.41) is 0. The zero-order valence-corrected chi connectivity index (χ0v) is 13.0. The van der Waals surface area contributed by atoms with Gasteiger partial charge in [-0.25, -0.2) is 13.0 Å². The number of hydrogen-bond donors (Lipinski definition) is 1. The third kappa shape index (κ3) is 4.24. The van der Waals surface area contributed by atoms with E-state index in [1.54, 1.807) is 30.6 Å². The molecule has 1 aromatic heterocycles. The molecular weight excluding hydrogens is 310 g/mol. The second-order valence-corrected chi connectivity index (χ2v) is 5.77. The summed E-state index contributed by atoms with van der Waals surface area (Å²) < 4.78 is 44.0. The number of alkyl halides is 2. The molecule has 4 nitrogen and oxygen atoms in total. The molecule has 0 radical (unpaired) electrons. The van der Waals surface area contributed by atoms with Crippen molar-refractivity contribution in [3.8, 4) is 16.9 Å². The van der Waals surface area contributed by atoms with Gasteiger partial charge in [0.05, 0.1) is 0 Å². The van der Waals surface area contributed by atoms with Crippen molar-refractivity contribution in [3.63, 3.8) is 0 Å². The molecule has 0 saturated carbocycles. The van der Waals surface area contributed by atoms with Crippen LogP contribution in [0.5, 0.6) is 5.75 Å². The molecular formula is C15H16F2N2O2S. The molecule has 2 aromatic rings. The number of ether oxygens (including phenoxy) is 1. The van der Waals surface area contributed by atoms with Gasteiger partial charge in [-0.1, -0.05) is 0 Å². The molecule has 0 aliphatic rings. The first-order valence-electron chi connectivity index (χ1n) is 6.53. The third-order valence-electron chi connectivity index (χ3n) is 2.94.